The Kier molecular flexibility index (Phi) is 13.0. The number of aliphatic imine (C=N–C) groups is 1. The van der Waals surface area contributed by atoms with E-state index < -0.39 is 5.60 Å². The van der Waals surface area contributed by atoms with E-state index in [-0.39, 0.29) is 24.0 Å². The molecule has 1 aromatic rings. The van der Waals surface area contributed by atoms with Gasteiger partial charge in [-0.3, -0.25) is 9.89 Å². The minimum Gasteiger partial charge on any atom is -0.444 e. The van der Waals surface area contributed by atoms with Crippen molar-refractivity contribution in [1.82, 2.24) is 20.5 Å². The molecule has 0 unspecified atom stereocenters. The number of nitrogens with one attached hydrogen (secondary N) is 2. The molecule has 1 aromatic heterocycles. The Morgan fingerprint density at radius 2 is 1.81 bits per heavy atom. The fraction of sp³-hybridized carbons (Fsp3) is 0.826. The van der Waals surface area contributed by atoms with E-state index in [9.17, 15) is 5.11 Å². The standard InChI is InChI=1S/C23H43N5O2.HI/c1-6-11-23(29,12-7-2)17-26-22(24-8-3)25-15-20-9-13-28(14-10-20)16-21-27-18(4)19(5)30-21;/h20,29H,6-17H2,1-5H3,(H2,24,25,26);1H. The number of hydrogen-bond acceptors (Lipinski definition) is 5. The van der Waals surface area contributed by atoms with Gasteiger partial charge in [-0.2, -0.15) is 0 Å². The zero-order valence-electron chi connectivity index (χ0n) is 20.2. The summed E-state index contributed by atoms with van der Waals surface area (Å²) >= 11 is 0. The summed E-state index contributed by atoms with van der Waals surface area (Å²) in [4.78, 5) is 11.6. The Labute approximate surface area is 205 Å². The van der Waals surface area contributed by atoms with Crippen LogP contribution in [0.1, 0.15) is 76.6 Å². The molecule has 1 saturated heterocycles. The van der Waals surface area contributed by atoms with Crippen molar-refractivity contribution in [1.29, 1.82) is 0 Å². The molecule has 1 fully saturated rings. The summed E-state index contributed by atoms with van der Waals surface area (Å²) in [6.45, 7) is 15.4. The first-order valence-corrected chi connectivity index (χ1v) is 11.8. The molecular formula is C23H44IN5O2. The van der Waals surface area contributed by atoms with E-state index in [4.69, 9.17) is 9.41 Å². The third kappa shape index (κ3) is 9.65. The SMILES string of the molecule is CCCC(O)(CCC)CN=C(NCC)NCC1CCN(Cc2nc(C)c(C)o2)CC1.I. The second kappa shape index (κ2) is 14.3. The lowest BCUT2D eigenvalue weighted by atomic mass is 9.93. The van der Waals surface area contributed by atoms with Crippen LogP contribution in [0.2, 0.25) is 0 Å². The highest BCUT2D eigenvalue weighted by Crippen LogP contribution is 2.21. The number of nitrogens with zero attached hydrogens (tertiary/aromatic N) is 3. The van der Waals surface area contributed by atoms with Crippen molar-refractivity contribution in [3.63, 3.8) is 0 Å². The van der Waals surface area contributed by atoms with E-state index >= 15 is 0 Å². The van der Waals surface area contributed by atoms with Crippen molar-refractivity contribution < 1.29 is 9.52 Å². The fourth-order valence-corrected chi connectivity index (χ4v) is 4.17. The smallest absolute Gasteiger partial charge is 0.208 e. The van der Waals surface area contributed by atoms with Crippen LogP contribution in [0.3, 0.4) is 0 Å². The molecule has 8 heteroatoms. The molecule has 1 aliphatic rings. The third-order valence-corrected chi connectivity index (χ3v) is 6.00. The van der Waals surface area contributed by atoms with Crippen molar-refractivity contribution in [2.75, 3.05) is 32.7 Å². The van der Waals surface area contributed by atoms with Crippen LogP contribution >= 0.6 is 24.0 Å². The van der Waals surface area contributed by atoms with Gasteiger partial charge in [-0.05, 0) is 65.5 Å². The van der Waals surface area contributed by atoms with Crippen molar-refractivity contribution in [2.24, 2.45) is 10.9 Å². The molecule has 0 spiro atoms. The summed E-state index contributed by atoms with van der Waals surface area (Å²) in [6.07, 6.45) is 5.85. The first-order valence-electron chi connectivity index (χ1n) is 11.8. The Balaban J connectivity index is 0.00000480. The number of rotatable bonds is 11. The molecule has 0 radical (unpaired) electrons. The summed E-state index contributed by atoms with van der Waals surface area (Å²) in [7, 11) is 0. The second-order valence-corrected chi connectivity index (χ2v) is 8.77. The van der Waals surface area contributed by atoms with Crippen LogP contribution in [-0.2, 0) is 6.54 Å². The highest BCUT2D eigenvalue weighted by molar-refractivity contribution is 14.0. The normalized spacial score (nSPS) is 16.3. The first-order chi connectivity index (χ1) is 14.4. The van der Waals surface area contributed by atoms with Gasteiger partial charge >= 0.3 is 0 Å². The average molecular weight is 550 g/mol. The predicted molar refractivity (Wildman–Crippen MR) is 138 cm³/mol. The topological polar surface area (TPSA) is 85.9 Å². The van der Waals surface area contributed by atoms with Crippen LogP contribution in [-0.4, -0.2) is 59.3 Å². The van der Waals surface area contributed by atoms with Crippen LogP contribution < -0.4 is 10.6 Å². The van der Waals surface area contributed by atoms with E-state index in [0.717, 1.165) is 94.6 Å². The molecule has 2 heterocycles. The number of halogens is 1. The molecule has 180 valence electrons. The van der Waals surface area contributed by atoms with Gasteiger partial charge < -0.3 is 20.2 Å². The maximum absolute atomic E-state index is 10.8. The van der Waals surface area contributed by atoms with Crippen molar-refractivity contribution >= 4 is 29.9 Å². The molecule has 0 aromatic carbocycles. The molecule has 3 N–H and O–H groups in total. The Hall–Kier alpha value is -0.870. The molecule has 2 rings (SSSR count). The molecule has 0 saturated carbocycles. The molecule has 0 bridgehead atoms. The molecule has 0 amide bonds. The number of piperidine rings is 1. The minimum absolute atomic E-state index is 0. The summed E-state index contributed by atoms with van der Waals surface area (Å²) < 4.78 is 5.73. The van der Waals surface area contributed by atoms with Gasteiger partial charge in [0.1, 0.15) is 5.76 Å². The molecule has 1 aliphatic heterocycles. The van der Waals surface area contributed by atoms with Crippen LogP contribution in [0, 0.1) is 19.8 Å². The lowest BCUT2D eigenvalue weighted by Crippen LogP contribution is -2.44. The lowest BCUT2D eigenvalue weighted by Gasteiger charge is -2.31. The van der Waals surface area contributed by atoms with E-state index in [2.05, 4.69) is 41.3 Å². The van der Waals surface area contributed by atoms with Crippen molar-refractivity contribution in [3.8, 4) is 0 Å². The van der Waals surface area contributed by atoms with Gasteiger partial charge in [-0.1, -0.05) is 26.7 Å². The van der Waals surface area contributed by atoms with Crippen molar-refractivity contribution in [2.45, 2.75) is 85.3 Å². The Bertz CT molecular complexity index is 631. The second-order valence-electron chi connectivity index (χ2n) is 8.77. The largest absolute Gasteiger partial charge is 0.444 e. The minimum atomic E-state index is -0.687. The van der Waals surface area contributed by atoms with Crippen LogP contribution in [0.4, 0.5) is 0 Å². The van der Waals surface area contributed by atoms with Crippen molar-refractivity contribution in [3.05, 3.63) is 17.3 Å². The number of guanidine groups is 1. The Morgan fingerprint density at radius 1 is 1.16 bits per heavy atom. The van der Waals surface area contributed by atoms with E-state index in [1.807, 2.05) is 13.8 Å². The first kappa shape index (κ1) is 28.2. The highest BCUT2D eigenvalue weighted by atomic mass is 127. The summed E-state index contributed by atoms with van der Waals surface area (Å²) in [5.41, 5.74) is 0.303. The predicted octanol–water partition coefficient (Wildman–Crippen LogP) is 4.01. The molecule has 7 nitrogen and oxygen atoms in total. The van der Waals surface area contributed by atoms with Crippen LogP contribution in [0.15, 0.2) is 9.41 Å². The number of aliphatic hydroxyl groups is 1. The zero-order chi connectivity index (χ0) is 22.0. The third-order valence-electron chi connectivity index (χ3n) is 6.00. The summed E-state index contributed by atoms with van der Waals surface area (Å²) in [5.74, 6) is 3.19. The Morgan fingerprint density at radius 3 is 2.32 bits per heavy atom. The van der Waals surface area contributed by atoms with Gasteiger partial charge in [0.25, 0.3) is 0 Å². The average Bonchev–Trinajstić information content (AvgIpc) is 3.02. The van der Waals surface area contributed by atoms with Gasteiger partial charge in [0, 0.05) is 13.1 Å². The number of oxazole rings is 1. The molecule has 0 atom stereocenters. The highest BCUT2D eigenvalue weighted by Gasteiger charge is 2.25. The molecule has 0 aliphatic carbocycles. The lowest BCUT2D eigenvalue weighted by molar-refractivity contribution is 0.0306. The maximum atomic E-state index is 10.8. The molecular weight excluding hydrogens is 505 g/mol. The molecule has 31 heavy (non-hydrogen) atoms. The van der Waals surface area contributed by atoms with Gasteiger partial charge in [0.05, 0.1) is 24.4 Å². The zero-order valence-corrected chi connectivity index (χ0v) is 22.5. The van der Waals surface area contributed by atoms with Crippen LogP contribution in [0.25, 0.3) is 0 Å². The van der Waals surface area contributed by atoms with E-state index in [1.54, 1.807) is 0 Å². The van der Waals surface area contributed by atoms with E-state index in [0.29, 0.717) is 12.5 Å². The van der Waals surface area contributed by atoms with Gasteiger partial charge in [0.2, 0.25) is 5.89 Å². The van der Waals surface area contributed by atoms with Gasteiger partial charge in [-0.25, -0.2) is 4.98 Å². The maximum Gasteiger partial charge on any atom is 0.208 e. The van der Waals surface area contributed by atoms with Gasteiger partial charge in [-0.15, -0.1) is 24.0 Å². The summed E-state index contributed by atoms with van der Waals surface area (Å²) in [5, 5.41) is 17.7. The number of hydrogen-bond donors (Lipinski definition) is 3. The van der Waals surface area contributed by atoms with E-state index in [1.165, 1.54) is 0 Å². The number of aryl methyl sites for hydroxylation is 2. The summed E-state index contributed by atoms with van der Waals surface area (Å²) in [6, 6.07) is 0. The quantitative estimate of drug-likeness (QED) is 0.220. The van der Waals surface area contributed by atoms with Gasteiger partial charge in [0.15, 0.2) is 5.96 Å². The number of aromatic nitrogens is 1. The monoisotopic (exact) mass is 549 g/mol. The fourth-order valence-electron chi connectivity index (χ4n) is 4.17. The number of likely N-dealkylation sites (tertiary alicyclic amines) is 1. The van der Waals surface area contributed by atoms with Crippen LogP contribution in [0.5, 0.6) is 0 Å².